The number of carbonyl (C=O) groups is 1. The van der Waals surface area contributed by atoms with E-state index in [0.29, 0.717) is 6.42 Å². The minimum atomic E-state index is -0.122. The van der Waals surface area contributed by atoms with E-state index in [1.54, 1.807) is 6.20 Å². The molecule has 0 aliphatic rings. The molecule has 4 heteroatoms. The number of hydrogen-bond acceptors (Lipinski definition) is 4. The van der Waals surface area contributed by atoms with Crippen LogP contribution in [0.15, 0.2) is 18.5 Å². The van der Waals surface area contributed by atoms with Crippen LogP contribution in [0.3, 0.4) is 0 Å². The lowest BCUT2D eigenvalue weighted by Crippen LogP contribution is -2.04. The number of unbranched alkanes of at least 4 members (excludes halogenated alkanes) is 2. The summed E-state index contributed by atoms with van der Waals surface area (Å²) < 4.78 is 4.58. The van der Waals surface area contributed by atoms with Crippen molar-refractivity contribution in [3.63, 3.8) is 0 Å². The number of aromatic nitrogens is 1. The fraction of sp³-hybridized carbons (Fsp3) is 0.538. The normalized spacial score (nSPS) is 10.0. The van der Waals surface area contributed by atoms with Gasteiger partial charge >= 0.3 is 5.97 Å². The van der Waals surface area contributed by atoms with Gasteiger partial charge in [-0.1, -0.05) is 6.42 Å². The Morgan fingerprint density at radius 2 is 2.24 bits per heavy atom. The minimum absolute atomic E-state index is 0.122. The second-order valence-electron chi connectivity index (χ2n) is 4.00. The second-order valence-corrected chi connectivity index (χ2v) is 4.00. The number of aryl methyl sites for hydroxylation is 1. The standard InChI is InChI=1S/C13H20N2O2/c1-11-10-14-9-7-12(11)15-8-5-3-4-6-13(16)17-2/h7,9-10H,3-6,8H2,1-2H3,(H,14,15). The summed E-state index contributed by atoms with van der Waals surface area (Å²) in [5.74, 6) is -0.122. The number of hydrogen-bond donors (Lipinski definition) is 1. The summed E-state index contributed by atoms with van der Waals surface area (Å²) in [6, 6.07) is 1.98. The smallest absolute Gasteiger partial charge is 0.305 e. The average Bonchev–Trinajstić information content (AvgIpc) is 2.35. The first kappa shape index (κ1) is 13.5. The van der Waals surface area contributed by atoms with Gasteiger partial charge in [0.15, 0.2) is 0 Å². The Balaban J connectivity index is 2.09. The lowest BCUT2D eigenvalue weighted by Gasteiger charge is -2.08. The molecule has 0 bridgehead atoms. The zero-order valence-corrected chi connectivity index (χ0v) is 10.5. The molecule has 0 radical (unpaired) electrons. The Morgan fingerprint density at radius 1 is 1.41 bits per heavy atom. The summed E-state index contributed by atoms with van der Waals surface area (Å²) >= 11 is 0. The summed E-state index contributed by atoms with van der Waals surface area (Å²) in [7, 11) is 1.43. The van der Waals surface area contributed by atoms with E-state index < -0.39 is 0 Å². The topological polar surface area (TPSA) is 51.2 Å². The third kappa shape index (κ3) is 5.33. The van der Waals surface area contributed by atoms with Crippen molar-refractivity contribution in [1.82, 2.24) is 4.98 Å². The Labute approximate surface area is 102 Å². The molecule has 0 amide bonds. The van der Waals surface area contributed by atoms with Crippen LogP contribution in [-0.4, -0.2) is 24.6 Å². The van der Waals surface area contributed by atoms with Crippen molar-refractivity contribution in [2.45, 2.75) is 32.6 Å². The second kappa shape index (κ2) is 7.65. The van der Waals surface area contributed by atoms with Crippen molar-refractivity contribution in [3.05, 3.63) is 24.0 Å². The number of esters is 1. The van der Waals surface area contributed by atoms with Gasteiger partial charge in [0.05, 0.1) is 7.11 Å². The molecule has 94 valence electrons. The molecule has 0 fully saturated rings. The quantitative estimate of drug-likeness (QED) is 0.584. The lowest BCUT2D eigenvalue weighted by atomic mass is 10.2. The highest BCUT2D eigenvalue weighted by atomic mass is 16.5. The predicted molar refractivity (Wildman–Crippen MR) is 67.9 cm³/mol. The highest BCUT2D eigenvalue weighted by Gasteiger charge is 1.99. The minimum Gasteiger partial charge on any atom is -0.469 e. The van der Waals surface area contributed by atoms with Gasteiger partial charge in [-0.05, 0) is 31.4 Å². The number of ether oxygens (including phenoxy) is 1. The molecular formula is C13H20N2O2. The van der Waals surface area contributed by atoms with Crippen LogP contribution < -0.4 is 5.32 Å². The summed E-state index contributed by atoms with van der Waals surface area (Å²) in [5.41, 5.74) is 2.29. The van der Waals surface area contributed by atoms with Crippen LogP contribution in [0.2, 0.25) is 0 Å². The highest BCUT2D eigenvalue weighted by Crippen LogP contribution is 2.11. The molecule has 17 heavy (non-hydrogen) atoms. The van der Waals surface area contributed by atoms with Crippen LogP contribution >= 0.6 is 0 Å². The number of nitrogens with zero attached hydrogens (tertiary/aromatic N) is 1. The zero-order valence-electron chi connectivity index (χ0n) is 10.5. The fourth-order valence-corrected chi connectivity index (χ4v) is 1.57. The van der Waals surface area contributed by atoms with E-state index in [4.69, 9.17) is 0 Å². The van der Waals surface area contributed by atoms with Crippen molar-refractivity contribution in [2.75, 3.05) is 19.0 Å². The predicted octanol–water partition coefficient (Wildman–Crippen LogP) is 2.54. The van der Waals surface area contributed by atoms with Crippen molar-refractivity contribution in [3.8, 4) is 0 Å². The summed E-state index contributed by atoms with van der Waals surface area (Å²) in [4.78, 5) is 14.9. The molecule has 1 rings (SSSR count). The van der Waals surface area contributed by atoms with Crippen molar-refractivity contribution in [1.29, 1.82) is 0 Å². The molecule has 1 N–H and O–H groups in total. The van der Waals surface area contributed by atoms with Gasteiger partial charge in [0.25, 0.3) is 0 Å². The van der Waals surface area contributed by atoms with Gasteiger partial charge in [-0.25, -0.2) is 0 Å². The van der Waals surface area contributed by atoms with Gasteiger partial charge in [0, 0.05) is 31.0 Å². The molecule has 4 nitrogen and oxygen atoms in total. The number of pyridine rings is 1. The van der Waals surface area contributed by atoms with Gasteiger partial charge in [0.1, 0.15) is 0 Å². The van der Waals surface area contributed by atoms with E-state index in [1.165, 1.54) is 7.11 Å². The van der Waals surface area contributed by atoms with Crippen LogP contribution in [-0.2, 0) is 9.53 Å². The Kier molecular flexibility index (Phi) is 6.07. The molecule has 1 aromatic rings. The molecular weight excluding hydrogens is 216 g/mol. The third-order valence-electron chi connectivity index (χ3n) is 2.62. The SMILES string of the molecule is COC(=O)CCCCCNc1ccncc1C. The van der Waals surface area contributed by atoms with Crippen LogP contribution in [0.4, 0.5) is 5.69 Å². The third-order valence-corrected chi connectivity index (χ3v) is 2.62. The fourth-order valence-electron chi connectivity index (χ4n) is 1.57. The molecule has 0 unspecified atom stereocenters. The van der Waals surface area contributed by atoms with Gasteiger partial charge in [-0.2, -0.15) is 0 Å². The van der Waals surface area contributed by atoms with Crippen molar-refractivity contribution in [2.24, 2.45) is 0 Å². The first-order valence-corrected chi connectivity index (χ1v) is 5.95. The zero-order chi connectivity index (χ0) is 12.5. The maximum absolute atomic E-state index is 10.9. The van der Waals surface area contributed by atoms with Gasteiger partial charge < -0.3 is 10.1 Å². The maximum atomic E-state index is 10.9. The molecule has 0 saturated heterocycles. The summed E-state index contributed by atoms with van der Waals surface area (Å²) in [5, 5.41) is 3.36. The van der Waals surface area contributed by atoms with Crippen molar-refractivity contribution < 1.29 is 9.53 Å². The largest absolute Gasteiger partial charge is 0.469 e. The number of rotatable bonds is 7. The van der Waals surface area contributed by atoms with Crippen LogP contribution in [0.25, 0.3) is 0 Å². The van der Waals surface area contributed by atoms with E-state index >= 15 is 0 Å². The van der Waals surface area contributed by atoms with E-state index in [9.17, 15) is 4.79 Å². The average molecular weight is 236 g/mol. The number of nitrogens with one attached hydrogen (secondary N) is 1. The molecule has 0 aliphatic carbocycles. The monoisotopic (exact) mass is 236 g/mol. The molecule has 1 heterocycles. The molecule has 0 aliphatic heterocycles. The Morgan fingerprint density at radius 3 is 2.94 bits per heavy atom. The molecule has 0 atom stereocenters. The molecule has 0 aromatic carbocycles. The highest BCUT2D eigenvalue weighted by molar-refractivity contribution is 5.68. The van der Waals surface area contributed by atoms with Crippen LogP contribution in [0, 0.1) is 6.92 Å². The van der Waals surface area contributed by atoms with E-state index in [-0.39, 0.29) is 5.97 Å². The van der Waals surface area contributed by atoms with Gasteiger partial charge in [0.2, 0.25) is 0 Å². The first-order chi connectivity index (χ1) is 8.24. The summed E-state index contributed by atoms with van der Waals surface area (Å²) in [6.45, 7) is 2.96. The molecule has 0 spiro atoms. The Bertz CT molecular complexity index is 353. The van der Waals surface area contributed by atoms with Crippen molar-refractivity contribution >= 4 is 11.7 Å². The summed E-state index contributed by atoms with van der Waals surface area (Å²) in [6.07, 6.45) is 7.13. The first-order valence-electron chi connectivity index (χ1n) is 5.95. The molecule has 0 saturated carbocycles. The maximum Gasteiger partial charge on any atom is 0.305 e. The lowest BCUT2D eigenvalue weighted by molar-refractivity contribution is -0.140. The van der Waals surface area contributed by atoms with Crippen LogP contribution in [0.5, 0.6) is 0 Å². The van der Waals surface area contributed by atoms with Crippen LogP contribution in [0.1, 0.15) is 31.2 Å². The van der Waals surface area contributed by atoms with E-state index in [1.807, 2.05) is 19.2 Å². The van der Waals surface area contributed by atoms with E-state index in [2.05, 4.69) is 15.0 Å². The number of anilines is 1. The van der Waals surface area contributed by atoms with Gasteiger partial charge in [-0.3, -0.25) is 9.78 Å². The molecule has 1 aromatic heterocycles. The van der Waals surface area contributed by atoms with Gasteiger partial charge in [-0.15, -0.1) is 0 Å². The number of methoxy groups -OCH3 is 1. The Hall–Kier alpha value is -1.58. The number of carbonyl (C=O) groups excluding carboxylic acids is 1. The van der Waals surface area contributed by atoms with E-state index in [0.717, 1.165) is 37.1 Å².